The molecule has 0 aliphatic carbocycles. The number of rotatable bonds is 5. The summed E-state index contributed by atoms with van der Waals surface area (Å²) in [6.45, 7) is 4.07. The van der Waals surface area contributed by atoms with Crippen molar-refractivity contribution >= 4 is 28.9 Å². The minimum Gasteiger partial charge on any atom is -0.345 e. The van der Waals surface area contributed by atoms with Gasteiger partial charge in [-0.3, -0.25) is 14.8 Å². The molecule has 9 heteroatoms. The molecule has 0 unspecified atom stereocenters. The van der Waals surface area contributed by atoms with Crippen LogP contribution in [0.5, 0.6) is 0 Å². The molecular weight excluding hydrogens is 441 g/mol. The number of aliphatic imine (C=N–C) groups is 1. The van der Waals surface area contributed by atoms with E-state index in [-0.39, 0.29) is 17.2 Å². The van der Waals surface area contributed by atoms with Gasteiger partial charge in [-0.2, -0.15) is 0 Å². The number of hydrogen-bond donors (Lipinski definition) is 1. The summed E-state index contributed by atoms with van der Waals surface area (Å²) >= 11 is 6.29. The van der Waals surface area contributed by atoms with Crippen LogP contribution in [0.25, 0.3) is 5.57 Å². The van der Waals surface area contributed by atoms with E-state index in [2.05, 4.69) is 15.3 Å². The Morgan fingerprint density at radius 1 is 1.28 bits per heavy atom. The van der Waals surface area contributed by atoms with Gasteiger partial charge in [-0.15, -0.1) is 0 Å². The second-order valence-corrected chi connectivity index (χ2v) is 8.11. The highest BCUT2D eigenvalue weighted by molar-refractivity contribution is 6.32. The largest absolute Gasteiger partial charge is 0.345 e. The number of nitrogens with one attached hydrogen (secondary N) is 1. The van der Waals surface area contributed by atoms with Gasteiger partial charge in [-0.1, -0.05) is 29.8 Å². The predicted molar refractivity (Wildman–Crippen MR) is 117 cm³/mol. The fraction of sp³-hybridized carbons (Fsp3) is 0.261. The molecule has 0 fully saturated rings. The van der Waals surface area contributed by atoms with Gasteiger partial charge in [0.15, 0.2) is 0 Å². The number of halogens is 4. The second kappa shape index (κ2) is 8.78. The monoisotopic (exact) mass is 460 g/mol. The molecule has 0 saturated heterocycles. The van der Waals surface area contributed by atoms with Gasteiger partial charge < -0.3 is 10.2 Å². The van der Waals surface area contributed by atoms with E-state index < -0.39 is 29.8 Å². The normalized spacial score (nSPS) is 18.7. The molecular formula is C23H20ClF3N4O. The number of carbonyl (C=O) groups is 1. The summed E-state index contributed by atoms with van der Waals surface area (Å²) in [6, 6.07) is 4.64. The zero-order valence-electron chi connectivity index (χ0n) is 17.3. The van der Waals surface area contributed by atoms with Crippen molar-refractivity contribution in [2.75, 3.05) is 6.54 Å². The van der Waals surface area contributed by atoms with Gasteiger partial charge in [0.1, 0.15) is 11.7 Å². The number of fused-ring (bicyclic) bond motifs is 1. The Morgan fingerprint density at radius 2 is 2.03 bits per heavy atom. The van der Waals surface area contributed by atoms with Crippen molar-refractivity contribution in [2.45, 2.75) is 32.4 Å². The highest BCUT2D eigenvalue weighted by Gasteiger charge is 2.32. The first-order valence-electron chi connectivity index (χ1n) is 10.0. The molecule has 1 amide bonds. The lowest BCUT2D eigenvalue weighted by molar-refractivity contribution is -0.117. The minimum atomic E-state index is -2.94. The summed E-state index contributed by atoms with van der Waals surface area (Å²) < 4.78 is 40.7. The lowest BCUT2D eigenvalue weighted by Gasteiger charge is -2.25. The molecule has 0 radical (unpaired) electrons. The number of alkyl halides is 2. The number of allylic oxidation sites excluding steroid dienone is 2. The van der Waals surface area contributed by atoms with Crippen LogP contribution in [0.3, 0.4) is 0 Å². The fourth-order valence-electron chi connectivity index (χ4n) is 3.81. The molecule has 1 aromatic carbocycles. The van der Waals surface area contributed by atoms with Gasteiger partial charge >= 0.3 is 0 Å². The van der Waals surface area contributed by atoms with Gasteiger partial charge in [0.2, 0.25) is 0 Å². The van der Waals surface area contributed by atoms with E-state index in [0.717, 1.165) is 6.07 Å². The first-order valence-corrected chi connectivity index (χ1v) is 10.4. The quantitative estimate of drug-likeness (QED) is 0.677. The van der Waals surface area contributed by atoms with Crippen LogP contribution < -0.4 is 5.32 Å². The molecule has 0 bridgehead atoms. The summed E-state index contributed by atoms with van der Waals surface area (Å²) in [5.74, 6) is -1.02. The van der Waals surface area contributed by atoms with E-state index in [1.165, 1.54) is 18.3 Å². The van der Waals surface area contributed by atoms with Crippen LogP contribution in [0.4, 0.5) is 13.2 Å². The number of aromatic nitrogens is 1. The Balaban J connectivity index is 1.66. The number of carbonyl (C=O) groups excluding carboxylic acids is 1. The first kappa shape index (κ1) is 22.1. The standard InChI is InChI=1S/C23H20ClF3N4O/c1-12-10-31-11-14(16-6-7-28-9-19(16)24)8-18(22(31)29-12)23(32)30-13(2)15-4-3-5-17(20(15)25)21(26)27/h3-9,11-13,21H,10H2,1-2H3,(H,30,32)/t12-,13-/m1/s1. The maximum Gasteiger partial charge on any atom is 0.266 e. The van der Waals surface area contributed by atoms with Crippen molar-refractivity contribution in [3.63, 3.8) is 0 Å². The Morgan fingerprint density at radius 3 is 2.75 bits per heavy atom. The lowest BCUT2D eigenvalue weighted by Crippen LogP contribution is -2.37. The van der Waals surface area contributed by atoms with Crippen LogP contribution in [0.1, 0.15) is 43.0 Å². The van der Waals surface area contributed by atoms with Crippen molar-refractivity contribution < 1.29 is 18.0 Å². The molecule has 3 heterocycles. The Bertz CT molecular complexity index is 1160. The minimum absolute atomic E-state index is 0.0147. The van der Waals surface area contributed by atoms with E-state index in [4.69, 9.17) is 11.6 Å². The molecule has 0 saturated carbocycles. The third-order valence-electron chi connectivity index (χ3n) is 5.35. The van der Waals surface area contributed by atoms with E-state index >= 15 is 0 Å². The van der Waals surface area contributed by atoms with E-state index in [9.17, 15) is 18.0 Å². The summed E-state index contributed by atoms with van der Waals surface area (Å²) in [7, 11) is 0. The summed E-state index contributed by atoms with van der Waals surface area (Å²) in [5, 5.41) is 3.15. The van der Waals surface area contributed by atoms with Crippen LogP contribution in [0.15, 0.2) is 59.5 Å². The maximum absolute atomic E-state index is 14.6. The van der Waals surface area contributed by atoms with Gasteiger partial charge in [-0.05, 0) is 26.0 Å². The second-order valence-electron chi connectivity index (χ2n) is 7.70. The Kier molecular flexibility index (Phi) is 6.06. The summed E-state index contributed by atoms with van der Waals surface area (Å²) in [5.41, 5.74) is 0.984. The average Bonchev–Trinajstić information content (AvgIpc) is 3.13. The number of pyridine rings is 1. The highest BCUT2D eigenvalue weighted by atomic mass is 35.5. The predicted octanol–water partition coefficient (Wildman–Crippen LogP) is 5.07. The highest BCUT2D eigenvalue weighted by Crippen LogP contribution is 2.32. The molecule has 2 aliphatic rings. The van der Waals surface area contributed by atoms with Crippen LogP contribution in [-0.2, 0) is 4.79 Å². The van der Waals surface area contributed by atoms with Gasteiger partial charge in [0, 0.05) is 41.8 Å². The van der Waals surface area contributed by atoms with E-state index in [0.29, 0.717) is 28.5 Å². The molecule has 32 heavy (non-hydrogen) atoms. The molecule has 4 rings (SSSR count). The van der Waals surface area contributed by atoms with Gasteiger partial charge in [0.05, 0.1) is 28.2 Å². The van der Waals surface area contributed by atoms with Crippen molar-refractivity contribution in [2.24, 2.45) is 4.99 Å². The smallest absolute Gasteiger partial charge is 0.266 e. The third-order valence-corrected chi connectivity index (χ3v) is 5.65. The van der Waals surface area contributed by atoms with Crippen molar-refractivity contribution in [1.29, 1.82) is 0 Å². The van der Waals surface area contributed by atoms with Crippen LogP contribution >= 0.6 is 11.6 Å². The maximum atomic E-state index is 14.6. The summed E-state index contributed by atoms with van der Waals surface area (Å²) in [6.07, 6.45) is 3.72. The Hall–Kier alpha value is -3.13. The lowest BCUT2D eigenvalue weighted by atomic mass is 9.99. The van der Waals surface area contributed by atoms with Gasteiger partial charge in [0.25, 0.3) is 12.3 Å². The third kappa shape index (κ3) is 4.14. The topological polar surface area (TPSA) is 57.6 Å². The first-order chi connectivity index (χ1) is 15.3. The van der Waals surface area contributed by atoms with E-state index in [1.54, 1.807) is 25.3 Å². The molecule has 1 aromatic heterocycles. The molecule has 2 aliphatic heterocycles. The van der Waals surface area contributed by atoms with Crippen LogP contribution in [-0.4, -0.2) is 34.2 Å². The summed E-state index contributed by atoms with van der Waals surface area (Å²) in [4.78, 5) is 23.6. The number of benzene rings is 1. The zero-order valence-corrected chi connectivity index (χ0v) is 18.1. The number of hydrogen-bond acceptors (Lipinski definition) is 4. The molecule has 2 atom stereocenters. The average molecular weight is 461 g/mol. The van der Waals surface area contributed by atoms with Crippen LogP contribution in [0.2, 0.25) is 5.02 Å². The zero-order chi connectivity index (χ0) is 23.0. The van der Waals surface area contributed by atoms with Crippen LogP contribution in [0, 0.1) is 5.82 Å². The fourth-order valence-corrected chi connectivity index (χ4v) is 4.03. The molecule has 1 N–H and O–H groups in total. The van der Waals surface area contributed by atoms with Crippen molar-refractivity contribution in [1.82, 2.24) is 15.2 Å². The van der Waals surface area contributed by atoms with Crippen molar-refractivity contribution in [3.8, 4) is 0 Å². The SMILES string of the molecule is C[C@@H]1CN2C=C(c3ccncc3Cl)C=C(C(=O)N[C@H](C)c3cccc(C(F)F)c3F)C2=N1. The molecule has 0 spiro atoms. The van der Waals surface area contributed by atoms with Crippen molar-refractivity contribution in [3.05, 3.63) is 82.0 Å². The van der Waals surface area contributed by atoms with Gasteiger partial charge in [-0.25, -0.2) is 13.2 Å². The molecule has 166 valence electrons. The number of amidine groups is 1. The van der Waals surface area contributed by atoms with E-state index in [1.807, 2.05) is 18.0 Å². The molecule has 2 aromatic rings. The number of amides is 1. The number of nitrogens with zero attached hydrogens (tertiary/aromatic N) is 3. The Labute approximate surface area is 188 Å². The molecule has 5 nitrogen and oxygen atoms in total.